The van der Waals surface area contributed by atoms with Crippen LogP contribution in [0.1, 0.15) is 25.3 Å². The fraction of sp³-hybridized carbons (Fsp3) is 0.588. The van der Waals surface area contributed by atoms with Crippen molar-refractivity contribution in [1.82, 2.24) is 15.5 Å². The van der Waals surface area contributed by atoms with Crippen molar-refractivity contribution in [2.45, 2.75) is 32.4 Å². The number of carbonyl (C=O) groups is 1. The molecule has 0 radical (unpaired) electrons. The number of benzene rings is 1. The number of rotatable bonds is 6. The van der Waals surface area contributed by atoms with Gasteiger partial charge >= 0.3 is 0 Å². The average Bonchev–Trinajstić information content (AvgIpc) is 2.51. The van der Waals surface area contributed by atoms with Crippen LogP contribution in [-0.2, 0) is 11.3 Å². The van der Waals surface area contributed by atoms with Gasteiger partial charge in [0.05, 0.1) is 0 Å². The number of carbonyl (C=O) groups excluding carboxylic acids is 1. The van der Waals surface area contributed by atoms with Crippen molar-refractivity contribution < 1.29 is 9.18 Å². The molecule has 1 aromatic carbocycles. The number of piperidine rings is 1. The van der Waals surface area contributed by atoms with Crippen molar-refractivity contribution in [1.29, 1.82) is 0 Å². The molecule has 0 bridgehead atoms. The standard InChI is InChI=1S/C17H26FN3O.2ClH/c1-13(11-19-2)17(22)20-16-7-9-21(10-8-16)12-14-3-5-15(18)6-4-14;;/h3-6,13,16,19H,7-12H2,1-2H3,(H,20,22);2*1H. The Balaban J connectivity index is 0.00000264. The van der Waals surface area contributed by atoms with Crippen LogP contribution in [0.5, 0.6) is 0 Å². The van der Waals surface area contributed by atoms with Gasteiger partial charge in [0, 0.05) is 38.1 Å². The Labute approximate surface area is 156 Å². The lowest BCUT2D eigenvalue weighted by Crippen LogP contribution is -2.46. The number of halogens is 3. The third-order valence-electron chi connectivity index (χ3n) is 4.21. The highest BCUT2D eigenvalue weighted by Gasteiger charge is 2.22. The summed E-state index contributed by atoms with van der Waals surface area (Å²) in [6.45, 7) is 5.41. The quantitative estimate of drug-likeness (QED) is 0.798. The van der Waals surface area contributed by atoms with Gasteiger partial charge in [-0.25, -0.2) is 4.39 Å². The molecule has 1 aliphatic rings. The molecule has 0 saturated carbocycles. The summed E-state index contributed by atoms with van der Waals surface area (Å²) in [6.07, 6.45) is 1.94. The number of hydrogen-bond donors (Lipinski definition) is 2. The summed E-state index contributed by atoms with van der Waals surface area (Å²) in [5.74, 6) is -0.0607. The molecule has 1 unspecified atom stereocenters. The fourth-order valence-electron chi connectivity index (χ4n) is 2.83. The number of nitrogens with zero attached hydrogens (tertiary/aromatic N) is 1. The molecule has 138 valence electrons. The molecule has 0 aliphatic carbocycles. The van der Waals surface area contributed by atoms with Gasteiger partial charge in [0.15, 0.2) is 0 Å². The predicted molar refractivity (Wildman–Crippen MR) is 100 cm³/mol. The number of likely N-dealkylation sites (tertiary alicyclic amines) is 1. The van der Waals surface area contributed by atoms with Gasteiger partial charge in [-0.05, 0) is 37.6 Å². The zero-order valence-electron chi connectivity index (χ0n) is 14.3. The molecule has 1 saturated heterocycles. The largest absolute Gasteiger partial charge is 0.353 e. The van der Waals surface area contributed by atoms with Crippen LogP contribution in [-0.4, -0.2) is 43.5 Å². The van der Waals surface area contributed by atoms with Crippen LogP contribution in [0.2, 0.25) is 0 Å². The predicted octanol–water partition coefficient (Wildman–Crippen LogP) is 2.61. The van der Waals surface area contributed by atoms with Crippen LogP contribution < -0.4 is 10.6 Å². The van der Waals surface area contributed by atoms with E-state index in [9.17, 15) is 9.18 Å². The summed E-state index contributed by atoms with van der Waals surface area (Å²) in [7, 11) is 1.86. The molecule has 7 heteroatoms. The van der Waals surface area contributed by atoms with E-state index in [0.29, 0.717) is 6.54 Å². The van der Waals surface area contributed by atoms with E-state index in [2.05, 4.69) is 15.5 Å². The van der Waals surface area contributed by atoms with Crippen LogP contribution in [0, 0.1) is 11.7 Å². The maximum Gasteiger partial charge on any atom is 0.224 e. The maximum absolute atomic E-state index is 12.9. The smallest absolute Gasteiger partial charge is 0.224 e. The first kappa shape index (κ1) is 23.1. The van der Waals surface area contributed by atoms with Crippen LogP contribution in [0.25, 0.3) is 0 Å². The molecule has 1 fully saturated rings. The number of nitrogens with one attached hydrogen (secondary N) is 2. The van der Waals surface area contributed by atoms with E-state index in [0.717, 1.165) is 38.0 Å². The van der Waals surface area contributed by atoms with Crippen molar-refractivity contribution >= 4 is 30.7 Å². The summed E-state index contributed by atoms with van der Waals surface area (Å²) in [4.78, 5) is 14.4. The Morgan fingerprint density at radius 3 is 2.38 bits per heavy atom. The molecule has 2 N–H and O–H groups in total. The second-order valence-corrected chi connectivity index (χ2v) is 6.14. The molecule has 1 heterocycles. The summed E-state index contributed by atoms with van der Waals surface area (Å²) in [5, 5.41) is 6.17. The van der Waals surface area contributed by atoms with Gasteiger partial charge in [-0.15, -0.1) is 24.8 Å². The Bertz CT molecular complexity index is 479. The van der Waals surface area contributed by atoms with Gasteiger partial charge < -0.3 is 10.6 Å². The highest BCUT2D eigenvalue weighted by molar-refractivity contribution is 5.85. The second-order valence-electron chi connectivity index (χ2n) is 6.14. The molecular formula is C17H28Cl2FN3O. The van der Waals surface area contributed by atoms with Gasteiger partial charge in [-0.3, -0.25) is 9.69 Å². The molecule has 0 spiro atoms. The van der Waals surface area contributed by atoms with E-state index < -0.39 is 0 Å². The van der Waals surface area contributed by atoms with E-state index in [1.54, 1.807) is 0 Å². The lowest BCUT2D eigenvalue weighted by molar-refractivity contribution is -0.125. The third kappa shape index (κ3) is 7.34. The molecule has 1 aromatic rings. The maximum atomic E-state index is 12.9. The van der Waals surface area contributed by atoms with Crippen LogP contribution in [0.15, 0.2) is 24.3 Å². The monoisotopic (exact) mass is 379 g/mol. The van der Waals surface area contributed by atoms with E-state index in [4.69, 9.17) is 0 Å². The molecule has 24 heavy (non-hydrogen) atoms. The number of amides is 1. The minimum absolute atomic E-state index is 0. The van der Waals surface area contributed by atoms with Crippen molar-refractivity contribution in [3.05, 3.63) is 35.6 Å². The first-order valence-electron chi connectivity index (χ1n) is 8.00. The SMILES string of the molecule is CNCC(C)C(=O)NC1CCN(Cc2ccc(F)cc2)CC1.Cl.Cl. The summed E-state index contributed by atoms with van der Waals surface area (Å²) >= 11 is 0. The lowest BCUT2D eigenvalue weighted by Gasteiger charge is -2.32. The normalized spacial score (nSPS) is 16.6. The molecule has 4 nitrogen and oxygen atoms in total. The zero-order chi connectivity index (χ0) is 15.9. The van der Waals surface area contributed by atoms with Gasteiger partial charge in [-0.1, -0.05) is 19.1 Å². The Kier molecular flexibility index (Phi) is 11.2. The van der Waals surface area contributed by atoms with Gasteiger partial charge in [-0.2, -0.15) is 0 Å². The van der Waals surface area contributed by atoms with Crippen LogP contribution in [0.4, 0.5) is 4.39 Å². The Morgan fingerprint density at radius 1 is 1.25 bits per heavy atom. The number of hydrogen-bond acceptors (Lipinski definition) is 3. The first-order chi connectivity index (χ1) is 10.6. The van der Waals surface area contributed by atoms with E-state index >= 15 is 0 Å². The molecule has 1 aliphatic heterocycles. The van der Waals surface area contributed by atoms with Crippen molar-refractivity contribution in [2.24, 2.45) is 5.92 Å². The molecule has 2 rings (SSSR count). The summed E-state index contributed by atoms with van der Waals surface area (Å²) < 4.78 is 12.9. The lowest BCUT2D eigenvalue weighted by atomic mass is 10.0. The average molecular weight is 380 g/mol. The van der Waals surface area contributed by atoms with Gasteiger partial charge in [0.25, 0.3) is 0 Å². The van der Waals surface area contributed by atoms with Gasteiger partial charge in [0.1, 0.15) is 5.82 Å². The van der Waals surface area contributed by atoms with Crippen molar-refractivity contribution in [3.63, 3.8) is 0 Å². The highest BCUT2D eigenvalue weighted by atomic mass is 35.5. The minimum Gasteiger partial charge on any atom is -0.353 e. The zero-order valence-corrected chi connectivity index (χ0v) is 15.9. The first-order valence-corrected chi connectivity index (χ1v) is 8.00. The Hall–Kier alpha value is -0.880. The van der Waals surface area contributed by atoms with Crippen molar-refractivity contribution in [2.75, 3.05) is 26.7 Å². The van der Waals surface area contributed by atoms with E-state index in [1.807, 2.05) is 26.1 Å². The van der Waals surface area contributed by atoms with Crippen LogP contribution >= 0.6 is 24.8 Å². The second kappa shape index (κ2) is 11.6. The molecule has 1 amide bonds. The highest BCUT2D eigenvalue weighted by Crippen LogP contribution is 2.14. The fourth-order valence-corrected chi connectivity index (χ4v) is 2.83. The minimum atomic E-state index is -0.194. The molecular weight excluding hydrogens is 352 g/mol. The van der Waals surface area contributed by atoms with E-state index in [1.165, 1.54) is 12.1 Å². The molecule has 1 atom stereocenters. The molecule has 0 aromatic heterocycles. The van der Waals surface area contributed by atoms with Crippen LogP contribution in [0.3, 0.4) is 0 Å². The van der Waals surface area contributed by atoms with Gasteiger partial charge in [0.2, 0.25) is 5.91 Å². The Morgan fingerprint density at radius 2 is 1.83 bits per heavy atom. The summed E-state index contributed by atoms with van der Waals surface area (Å²) in [5.41, 5.74) is 1.13. The van der Waals surface area contributed by atoms with Crippen molar-refractivity contribution in [3.8, 4) is 0 Å². The topological polar surface area (TPSA) is 44.4 Å². The van der Waals surface area contributed by atoms with E-state index in [-0.39, 0.29) is 48.5 Å². The summed E-state index contributed by atoms with van der Waals surface area (Å²) in [6, 6.07) is 6.96. The third-order valence-corrected chi connectivity index (χ3v) is 4.21.